The van der Waals surface area contributed by atoms with Crippen LogP contribution in [0.15, 0.2) is 24.3 Å². The van der Waals surface area contributed by atoms with E-state index in [4.69, 9.17) is 14.7 Å². The SMILES string of the molecule is CCC(C)C(=O)OCOc1ccc(C#N)cc1. The molecule has 1 rings (SSSR count). The molecule has 0 aliphatic carbocycles. The number of hydrogen-bond acceptors (Lipinski definition) is 4. The van der Waals surface area contributed by atoms with Gasteiger partial charge in [-0.15, -0.1) is 0 Å². The van der Waals surface area contributed by atoms with Crippen LogP contribution >= 0.6 is 0 Å². The van der Waals surface area contributed by atoms with Crippen LogP contribution in [0.2, 0.25) is 0 Å². The molecular weight excluding hydrogens is 218 g/mol. The molecule has 0 N–H and O–H groups in total. The summed E-state index contributed by atoms with van der Waals surface area (Å²) in [4.78, 5) is 11.3. The zero-order valence-electron chi connectivity index (χ0n) is 9.97. The summed E-state index contributed by atoms with van der Waals surface area (Å²) in [5.74, 6) is 0.196. The number of carbonyl (C=O) groups excluding carboxylic acids is 1. The van der Waals surface area contributed by atoms with Crippen molar-refractivity contribution in [2.45, 2.75) is 20.3 Å². The summed E-state index contributed by atoms with van der Waals surface area (Å²) in [6.07, 6.45) is 0.746. The van der Waals surface area contributed by atoms with E-state index >= 15 is 0 Å². The van der Waals surface area contributed by atoms with E-state index in [0.29, 0.717) is 11.3 Å². The third-order valence-electron chi connectivity index (χ3n) is 2.42. The Kier molecular flexibility index (Phi) is 5.02. The normalized spacial score (nSPS) is 11.4. The van der Waals surface area contributed by atoms with Crippen LogP contribution < -0.4 is 4.74 Å². The van der Waals surface area contributed by atoms with Crippen LogP contribution in [0.4, 0.5) is 0 Å². The molecule has 4 heteroatoms. The Labute approximate surface area is 101 Å². The highest BCUT2D eigenvalue weighted by Gasteiger charge is 2.11. The Morgan fingerprint density at radius 1 is 1.41 bits per heavy atom. The molecule has 1 atom stereocenters. The van der Waals surface area contributed by atoms with Crippen molar-refractivity contribution in [2.75, 3.05) is 6.79 Å². The lowest BCUT2D eigenvalue weighted by Gasteiger charge is -2.10. The molecule has 1 aromatic rings. The van der Waals surface area contributed by atoms with Crippen LogP contribution in [0, 0.1) is 17.2 Å². The molecular formula is C13H15NO3. The fourth-order valence-corrected chi connectivity index (χ4v) is 1.09. The van der Waals surface area contributed by atoms with Crippen molar-refractivity contribution in [2.24, 2.45) is 5.92 Å². The highest BCUT2D eigenvalue weighted by Crippen LogP contribution is 2.12. The Morgan fingerprint density at radius 3 is 2.59 bits per heavy atom. The lowest BCUT2D eigenvalue weighted by atomic mass is 10.1. The Bertz CT molecular complexity index is 406. The van der Waals surface area contributed by atoms with Gasteiger partial charge in [0.05, 0.1) is 17.6 Å². The third kappa shape index (κ3) is 4.15. The molecule has 1 unspecified atom stereocenters. The minimum absolute atomic E-state index is 0.102. The number of ether oxygens (including phenoxy) is 2. The Hall–Kier alpha value is -2.02. The standard InChI is InChI=1S/C13H15NO3/c1-3-10(2)13(15)17-9-16-12-6-4-11(8-14)5-7-12/h4-7,10H,3,9H2,1-2H3. The van der Waals surface area contributed by atoms with E-state index in [0.717, 1.165) is 6.42 Å². The molecule has 0 spiro atoms. The van der Waals surface area contributed by atoms with Crippen molar-refractivity contribution in [3.63, 3.8) is 0 Å². The van der Waals surface area contributed by atoms with Gasteiger partial charge in [0.2, 0.25) is 6.79 Å². The third-order valence-corrected chi connectivity index (χ3v) is 2.42. The molecule has 17 heavy (non-hydrogen) atoms. The smallest absolute Gasteiger partial charge is 0.311 e. The molecule has 0 aliphatic heterocycles. The molecule has 0 radical (unpaired) electrons. The van der Waals surface area contributed by atoms with E-state index in [-0.39, 0.29) is 18.7 Å². The minimum Gasteiger partial charge on any atom is -0.457 e. The van der Waals surface area contributed by atoms with Crippen molar-refractivity contribution < 1.29 is 14.3 Å². The molecule has 1 aromatic carbocycles. The number of hydrogen-bond donors (Lipinski definition) is 0. The summed E-state index contributed by atoms with van der Waals surface area (Å²) in [6, 6.07) is 8.62. The summed E-state index contributed by atoms with van der Waals surface area (Å²) in [6.45, 7) is 3.63. The van der Waals surface area contributed by atoms with Crippen molar-refractivity contribution in [1.29, 1.82) is 5.26 Å². The number of nitriles is 1. The van der Waals surface area contributed by atoms with E-state index in [1.807, 2.05) is 19.9 Å². The summed E-state index contributed by atoms with van der Waals surface area (Å²) in [5, 5.41) is 8.61. The van der Waals surface area contributed by atoms with Crippen LogP contribution in [0.25, 0.3) is 0 Å². The van der Waals surface area contributed by atoms with Gasteiger partial charge in [0.15, 0.2) is 0 Å². The average Bonchev–Trinajstić information content (AvgIpc) is 2.38. The highest BCUT2D eigenvalue weighted by atomic mass is 16.7. The molecule has 0 aromatic heterocycles. The number of esters is 1. The van der Waals surface area contributed by atoms with Gasteiger partial charge in [-0.3, -0.25) is 4.79 Å². The molecule has 4 nitrogen and oxygen atoms in total. The molecule has 0 heterocycles. The second-order valence-electron chi connectivity index (χ2n) is 3.67. The molecule has 0 saturated heterocycles. The second-order valence-corrected chi connectivity index (χ2v) is 3.67. The van der Waals surface area contributed by atoms with Crippen LogP contribution in [-0.4, -0.2) is 12.8 Å². The largest absolute Gasteiger partial charge is 0.457 e. The number of carbonyl (C=O) groups is 1. The minimum atomic E-state index is -0.263. The summed E-state index contributed by atoms with van der Waals surface area (Å²) < 4.78 is 10.1. The molecule has 90 valence electrons. The fraction of sp³-hybridized carbons (Fsp3) is 0.385. The van der Waals surface area contributed by atoms with E-state index < -0.39 is 0 Å². The highest BCUT2D eigenvalue weighted by molar-refractivity contribution is 5.71. The first-order valence-corrected chi connectivity index (χ1v) is 5.47. The second kappa shape index (κ2) is 6.54. The number of rotatable bonds is 5. The molecule has 0 amide bonds. The van der Waals surface area contributed by atoms with E-state index in [2.05, 4.69) is 0 Å². The monoisotopic (exact) mass is 233 g/mol. The lowest BCUT2D eigenvalue weighted by molar-refractivity contribution is -0.154. The molecule has 0 saturated carbocycles. The maximum Gasteiger partial charge on any atom is 0.311 e. The maximum absolute atomic E-state index is 11.3. The maximum atomic E-state index is 11.3. The van der Waals surface area contributed by atoms with E-state index in [1.54, 1.807) is 24.3 Å². The van der Waals surface area contributed by atoms with Crippen LogP contribution in [0.5, 0.6) is 5.75 Å². The van der Waals surface area contributed by atoms with Gasteiger partial charge >= 0.3 is 5.97 Å². The van der Waals surface area contributed by atoms with Crippen molar-refractivity contribution in [1.82, 2.24) is 0 Å². The zero-order valence-corrected chi connectivity index (χ0v) is 9.97. The summed E-state index contributed by atoms with van der Waals surface area (Å²) >= 11 is 0. The van der Waals surface area contributed by atoms with Gasteiger partial charge < -0.3 is 9.47 Å². The van der Waals surface area contributed by atoms with Gasteiger partial charge in [-0.05, 0) is 30.7 Å². The van der Waals surface area contributed by atoms with Crippen molar-refractivity contribution in [3.8, 4) is 11.8 Å². The topological polar surface area (TPSA) is 59.3 Å². The van der Waals surface area contributed by atoms with Gasteiger partial charge in [-0.1, -0.05) is 13.8 Å². The number of benzene rings is 1. The van der Waals surface area contributed by atoms with Gasteiger partial charge in [0.25, 0.3) is 0 Å². The van der Waals surface area contributed by atoms with E-state index in [1.165, 1.54) is 0 Å². The van der Waals surface area contributed by atoms with Crippen molar-refractivity contribution >= 4 is 5.97 Å². The van der Waals surface area contributed by atoms with Crippen LogP contribution in [0.3, 0.4) is 0 Å². The summed E-state index contributed by atoms with van der Waals surface area (Å²) in [5.41, 5.74) is 0.564. The van der Waals surface area contributed by atoms with Crippen molar-refractivity contribution in [3.05, 3.63) is 29.8 Å². The van der Waals surface area contributed by atoms with Gasteiger partial charge in [-0.2, -0.15) is 5.26 Å². The van der Waals surface area contributed by atoms with Crippen LogP contribution in [-0.2, 0) is 9.53 Å². The van der Waals surface area contributed by atoms with Gasteiger partial charge in [0, 0.05) is 0 Å². The van der Waals surface area contributed by atoms with E-state index in [9.17, 15) is 4.79 Å². The predicted octanol–water partition coefficient (Wildman–Crippen LogP) is 2.48. The number of nitrogens with zero attached hydrogens (tertiary/aromatic N) is 1. The van der Waals surface area contributed by atoms with Gasteiger partial charge in [-0.25, -0.2) is 0 Å². The quantitative estimate of drug-likeness (QED) is 0.579. The van der Waals surface area contributed by atoms with Gasteiger partial charge in [0.1, 0.15) is 5.75 Å². The molecule has 0 bridgehead atoms. The Balaban J connectivity index is 2.36. The predicted molar refractivity (Wildman–Crippen MR) is 62.2 cm³/mol. The average molecular weight is 233 g/mol. The zero-order chi connectivity index (χ0) is 12.7. The van der Waals surface area contributed by atoms with Crippen LogP contribution in [0.1, 0.15) is 25.8 Å². The first-order chi connectivity index (χ1) is 8.17. The fourth-order valence-electron chi connectivity index (χ4n) is 1.09. The summed E-state index contributed by atoms with van der Waals surface area (Å²) in [7, 11) is 0. The molecule has 0 aliphatic rings. The lowest BCUT2D eigenvalue weighted by Crippen LogP contribution is -2.17. The molecule has 0 fully saturated rings. The Morgan fingerprint density at radius 2 is 2.06 bits per heavy atom. The first-order valence-electron chi connectivity index (χ1n) is 5.47. The first kappa shape index (κ1) is 13.0.